The van der Waals surface area contributed by atoms with Crippen LogP contribution in [0.25, 0.3) is 0 Å². The Morgan fingerprint density at radius 3 is 2.56 bits per heavy atom. The number of hydrogen-bond acceptors (Lipinski definition) is 3. The molecule has 0 radical (unpaired) electrons. The fraction of sp³-hybridized carbons (Fsp3) is 0.167. The van der Waals surface area contributed by atoms with Crippen LogP contribution >= 0.6 is 55.8 Å². The molecule has 94 valence electrons. The Kier molecular flexibility index (Phi) is 5.00. The molecule has 0 atom stereocenters. The molecule has 0 aliphatic heterocycles. The molecule has 0 spiro atoms. The van der Waals surface area contributed by atoms with Gasteiger partial charge >= 0.3 is 0 Å². The topological polar surface area (TPSA) is 28.7 Å². The average Bonchev–Trinajstić information content (AvgIpc) is 2.35. The number of thioether (sulfide) groups is 1. The second-order valence-corrected chi connectivity index (χ2v) is 6.81. The summed E-state index contributed by atoms with van der Waals surface area (Å²) in [6, 6.07) is 8.22. The van der Waals surface area contributed by atoms with E-state index in [-0.39, 0.29) is 0 Å². The smallest absolute Gasteiger partial charge is 0.144 e. The molecule has 0 aliphatic rings. The summed E-state index contributed by atoms with van der Waals surface area (Å²) in [5, 5.41) is 0. The Morgan fingerprint density at radius 1 is 1.28 bits per heavy atom. The number of benzene rings is 1. The third-order valence-corrected chi connectivity index (χ3v) is 5.35. The van der Waals surface area contributed by atoms with Crippen LogP contribution in [0, 0.1) is 11.6 Å². The number of nitrogens with one attached hydrogen (secondary N) is 1. The number of aryl methyl sites for hydroxylation is 1. The van der Waals surface area contributed by atoms with Gasteiger partial charge in [0.25, 0.3) is 0 Å². The van der Waals surface area contributed by atoms with Crippen LogP contribution in [-0.2, 0) is 5.75 Å². The van der Waals surface area contributed by atoms with E-state index in [2.05, 4.69) is 54.0 Å². The van der Waals surface area contributed by atoms with Gasteiger partial charge in [-0.05, 0) is 47.1 Å². The second-order valence-electron chi connectivity index (χ2n) is 3.67. The van der Waals surface area contributed by atoms with Crippen molar-refractivity contribution >= 4 is 55.8 Å². The lowest BCUT2D eigenvalue weighted by Crippen LogP contribution is -1.97. The minimum Gasteiger partial charge on any atom is -0.346 e. The normalized spacial score (nSPS) is 10.6. The Bertz CT molecular complexity index is 608. The fourth-order valence-electron chi connectivity index (χ4n) is 1.38. The maximum Gasteiger partial charge on any atom is 0.144 e. The Labute approximate surface area is 132 Å². The van der Waals surface area contributed by atoms with Crippen molar-refractivity contribution in [1.29, 1.82) is 0 Å². The summed E-state index contributed by atoms with van der Waals surface area (Å²) >= 11 is 13.7. The molecule has 1 aromatic heterocycles. The van der Waals surface area contributed by atoms with Crippen LogP contribution in [0.1, 0.15) is 11.5 Å². The summed E-state index contributed by atoms with van der Waals surface area (Å²) in [5.41, 5.74) is 1.02. The predicted octanol–water partition coefficient (Wildman–Crippen LogP) is 5.26. The quantitative estimate of drug-likeness (QED) is 0.557. The van der Waals surface area contributed by atoms with Crippen molar-refractivity contribution in [2.45, 2.75) is 17.6 Å². The molecule has 0 saturated carbocycles. The van der Waals surface area contributed by atoms with E-state index in [1.54, 1.807) is 11.8 Å². The lowest BCUT2D eigenvalue weighted by molar-refractivity contribution is 0.973. The number of H-pyrrole nitrogens is 1. The van der Waals surface area contributed by atoms with Gasteiger partial charge in [-0.2, -0.15) is 0 Å². The first-order valence-electron chi connectivity index (χ1n) is 5.20. The molecule has 18 heavy (non-hydrogen) atoms. The van der Waals surface area contributed by atoms with Gasteiger partial charge in [0.2, 0.25) is 0 Å². The summed E-state index contributed by atoms with van der Waals surface area (Å²) in [6.45, 7) is 1.98. The third-order valence-electron chi connectivity index (χ3n) is 2.27. The minimum atomic E-state index is 0.609. The molecular weight excluding hydrogens is 396 g/mol. The highest BCUT2D eigenvalue weighted by molar-refractivity contribution is 9.10. The van der Waals surface area contributed by atoms with Crippen LogP contribution in [0.5, 0.6) is 0 Å². The molecule has 0 unspecified atom stereocenters. The molecule has 1 N–H and O–H groups in total. The van der Waals surface area contributed by atoms with Crippen molar-refractivity contribution < 1.29 is 0 Å². The lowest BCUT2D eigenvalue weighted by Gasteiger charge is -2.05. The number of rotatable bonds is 3. The minimum absolute atomic E-state index is 0.609. The van der Waals surface area contributed by atoms with Crippen molar-refractivity contribution in [3.8, 4) is 0 Å². The van der Waals surface area contributed by atoms with E-state index < -0.39 is 0 Å². The molecule has 0 saturated heterocycles. The van der Waals surface area contributed by atoms with Gasteiger partial charge in [0.1, 0.15) is 10.5 Å². The lowest BCUT2D eigenvalue weighted by atomic mass is 10.4. The molecule has 1 aromatic carbocycles. The van der Waals surface area contributed by atoms with Crippen LogP contribution < -0.4 is 0 Å². The number of aromatic amines is 1. The second kappa shape index (κ2) is 6.32. The molecule has 2 nitrogen and oxygen atoms in total. The summed E-state index contributed by atoms with van der Waals surface area (Å²) in [7, 11) is 0. The van der Waals surface area contributed by atoms with Crippen molar-refractivity contribution in [3.05, 3.63) is 49.4 Å². The Morgan fingerprint density at radius 2 is 1.94 bits per heavy atom. The Hall–Kier alpha value is -0.170. The molecule has 0 fully saturated rings. The van der Waals surface area contributed by atoms with Crippen molar-refractivity contribution in [3.63, 3.8) is 0 Å². The zero-order chi connectivity index (χ0) is 13.1. The summed E-state index contributed by atoms with van der Waals surface area (Å²) in [4.78, 5) is 8.80. The monoisotopic (exact) mass is 404 g/mol. The first-order chi connectivity index (χ1) is 8.56. The fourth-order valence-corrected chi connectivity index (χ4v) is 2.87. The molecule has 2 rings (SSSR count). The van der Waals surface area contributed by atoms with Crippen molar-refractivity contribution in [2.75, 3.05) is 0 Å². The zero-order valence-electron chi connectivity index (χ0n) is 9.54. The molecule has 2 aromatic rings. The van der Waals surface area contributed by atoms with Crippen LogP contribution in [-0.4, -0.2) is 9.97 Å². The zero-order valence-corrected chi connectivity index (χ0v) is 14.3. The van der Waals surface area contributed by atoms with E-state index in [4.69, 9.17) is 12.2 Å². The van der Waals surface area contributed by atoms with Gasteiger partial charge in [0.05, 0.1) is 10.2 Å². The SMILES string of the molecule is Cc1[nH]c(CSc2ccc(Br)cc2)nc(=S)c1Br. The number of halogens is 2. The van der Waals surface area contributed by atoms with Crippen molar-refractivity contribution in [2.24, 2.45) is 0 Å². The summed E-state index contributed by atoms with van der Waals surface area (Å²) in [5.74, 6) is 1.67. The van der Waals surface area contributed by atoms with Crippen LogP contribution in [0.2, 0.25) is 0 Å². The van der Waals surface area contributed by atoms with E-state index in [0.717, 1.165) is 26.2 Å². The Balaban J connectivity index is 2.11. The van der Waals surface area contributed by atoms with Gasteiger partial charge in [0.15, 0.2) is 0 Å². The van der Waals surface area contributed by atoms with Gasteiger partial charge in [-0.3, -0.25) is 0 Å². The largest absolute Gasteiger partial charge is 0.346 e. The highest BCUT2D eigenvalue weighted by atomic mass is 79.9. The van der Waals surface area contributed by atoms with Crippen LogP contribution in [0.3, 0.4) is 0 Å². The first-order valence-corrected chi connectivity index (χ1v) is 8.18. The van der Waals surface area contributed by atoms with E-state index in [9.17, 15) is 0 Å². The third kappa shape index (κ3) is 3.66. The summed E-state index contributed by atoms with van der Waals surface area (Å²) in [6.07, 6.45) is 0. The van der Waals surface area contributed by atoms with E-state index in [1.807, 2.05) is 19.1 Å². The van der Waals surface area contributed by atoms with Crippen LogP contribution in [0.4, 0.5) is 0 Å². The predicted molar refractivity (Wildman–Crippen MR) is 85.6 cm³/mol. The van der Waals surface area contributed by atoms with Gasteiger partial charge in [-0.15, -0.1) is 11.8 Å². The average molecular weight is 406 g/mol. The maximum atomic E-state index is 5.18. The highest BCUT2D eigenvalue weighted by Crippen LogP contribution is 2.24. The van der Waals surface area contributed by atoms with E-state index in [1.165, 1.54) is 4.90 Å². The van der Waals surface area contributed by atoms with Crippen LogP contribution in [0.15, 0.2) is 38.1 Å². The number of aromatic nitrogens is 2. The molecular formula is C12H10Br2N2S2. The molecule has 0 amide bonds. The van der Waals surface area contributed by atoms with Gasteiger partial charge in [-0.1, -0.05) is 28.1 Å². The highest BCUT2D eigenvalue weighted by Gasteiger charge is 2.03. The standard InChI is InChI=1S/C12H10Br2N2S2/c1-7-11(14)12(17)16-10(15-7)6-18-9-4-2-8(13)3-5-9/h2-5H,6H2,1H3,(H,15,16,17). The van der Waals surface area contributed by atoms with Gasteiger partial charge in [0, 0.05) is 15.1 Å². The maximum absolute atomic E-state index is 5.18. The molecule has 6 heteroatoms. The number of nitrogens with zero attached hydrogens (tertiary/aromatic N) is 1. The molecule has 0 bridgehead atoms. The first kappa shape index (κ1) is 14.2. The molecule has 0 aliphatic carbocycles. The van der Waals surface area contributed by atoms with E-state index >= 15 is 0 Å². The summed E-state index contributed by atoms with van der Waals surface area (Å²) < 4.78 is 2.57. The van der Waals surface area contributed by atoms with E-state index in [0.29, 0.717) is 4.64 Å². The van der Waals surface area contributed by atoms with Gasteiger partial charge < -0.3 is 4.98 Å². The van der Waals surface area contributed by atoms with Gasteiger partial charge in [-0.25, -0.2) is 4.98 Å². The molecule has 1 heterocycles. The van der Waals surface area contributed by atoms with Crippen molar-refractivity contribution in [1.82, 2.24) is 9.97 Å². The number of hydrogen-bond donors (Lipinski definition) is 1.